The zero-order valence-electron chi connectivity index (χ0n) is 15.9. The molecule has 0 amide bonds. The fourth-order valence-corrected chi connectivity index (χ4v) is 3.93. The van der Waals surface area contributed by atoms with Gasteiger partial charge in [0.25, 0.3) is 5.79 Å². The molecule has 1 unspecified atom stereocenters. The SMILES string of the molecule is CN1CCCC1C(O)(O)C(O)(O)O[C@@](C)(c1ccccc1)c1ccc(Cl)cc1. The smallest absolute Gasteiger partial charge is 0.338 e. The zero-order valence-corrected chi connectivity index (χ0v) is 16.7. The minimum absolute atomic E-state index is 0.402. The first-order valence-corrected chi connectivity index (χ1v) is 9.57. The fourth-order valence-electron chi connectivity index (χ4n) is 3.80. The van der Waals surface area contributed by atoms with E-state index in [1.165, 1.54) is 0 Å². The van der Waals surface area contributed by atoms with Crippen LogP contribution in [0.3, 0.4) is 0 Å². The van der Waals surface area contributed by atoms with Crippen LogP contribution in [0.4, 0.5) is 0 Å². The lowest BCUT2D eigenvalue weighted by molar-refractivity contribution is -0.486. The Balaban J connectivity index is 2.02. The zero-order chi connectivity index (χ0) is 20.6. The normalized spacial score (nSPS) is 20.9. The Morgan fingerprint density at radius 3 is 2.07 bits per heavy atom. The van der Waals surface area contributed by atoms with Crippen molar-refractivity contribution in [2.24, 2.45) is 0 Å². The van der Waals surface area contributed by atoms with Crippen molar-refractivity contribution >= 4 is 11.6 Å². The highest BCUT2D eigenvalue weighted by atomic mass is 35.5. The van der Waals surface area contributed by atoms with E-state index in [9.17, 15) is 20.4 Å². The van der Waals surface area contributed by atoms with Crippen LogP contribution in [0.1, 0.15) is 30.9 Å². The average Bonchev–Trinajstić information content (AvgIpc) is 3.09. The van der Waals surface area contributed by atoms with E-state index in [1.54, 1.807) is 67.4 Å². The molecule has 1 heterocycles. The first-order valence-electron chi connectivity index (χ1n) is 9.19. The summed E-state index contributed by atoms with van der Waals surface area (Å²) >= 11 is 5.99. The number of ether oxygens (including phenoxy) is 1. The summed E-state index contributed by atoms with van der Waals surface area (Å²) < 4.78 is 5.70. The summed E-state index contributed by atoms with van der Waals surface area (Å²) in [5.74, 6) is -6.14. The van der Waals surface area contributed by atoms with Crippen molar-refractivity contribution in [1.29, 1.82) is 0 Å². The second kappa shape index (κ2) is 7.72. The van der Waals surface area contributed by atoms with Crippen LogP contribution >= 0.6 is 11.6 Å². The van der Waals surface area contributed by atoms with Gasteiger partial charge in [0, 0.05) is 5.02 Å². The van der Waals surface area contributed by atoms with E-state index < -0.39 is 23.4 Å². The van der Waals surface area contributed by atoms with Gasteiger partial charge in [-0.1, -0.05) is 54.1 Å². The van der Waals surface area contributed by atoms with Gasteiger partial charge < -0.3 is 25.2 Å². The molecular formula is C21H26ClNO5. The second-order valence-corrected chi connectivity index (χ2v) is 7.92. The van der Waals surface area contributed by atoms with E-state index in [4.69, 9.17) is 16.3 Å². The lowest BCUT2D eigenvalue weighted by Gasteiger charge is -2.45. The third-order valence-corrected chi connectivity index (χ3v) is 5.78. The van der Waals surface area contributed by atoms with Crippen molar-refractivity contribution in [2.45, 2.75) is 43.2 Å². The Labute approximate surface area is 169 Å². The monoisotopic (exact) mass is 407 g/mol. The maximum absolute atomic E-state index is 10.7. The Hall–Kier alpha value is -1.51. The number of halogens is 1. The van der Waals surface area contributed by atoms with Gasteiger partial charge in [0.2, 0.25) is 0 Å². The summed E-state index contributed by atoms with van der Waals surface area (Å²) in [4.78, 5) is 1.67. The maximum atomic E-state index is 10.7. The minimum atomic E-state index is -3.24. The Morgan fingerprint density at radius 2 is 1.54 bits per heavy atom. The molecule has 2 aromatic carbocycles. The van der Waals surface area contributed by atoms with E-state index in [2.05, 4.69) is 0 Å². The highest BCUT2D eigenvalue weighted by Gasteiger charge is 2.59. The molecule has 1 aliphatic heterocycles. The molecule has 3 rings (SSSR count). The topological polar surface area (TPSA) is 93.4 Å². The van der Waals surface area contributed by atoms with Crippen LogP contribution in [0, 0.1) is 0 Å². The minimum Gasteiger partial charge on any atom is -0.358 e. The molecule has 6 nitrogen and oxygen atoms in total. The van der Waals surface area contributed by atoms with Crippen LogP contribution in [0.2, 0.25) is 5.02 Å². The van der Waals surface area contributed by atoms with Gasteiger partial charge in [-0.15, -0.1) is 0 Å². The number of aliphatic hydroxyl groups is 4. The van der Waals surface area contributed by atoms with Crippen molar-refractivity contribution in [3.05, 3.63) is 70.7 Å². The molecule has 0 radical (unpaired) electrons. The number of benzene rings is 2. The van der Waals surface area contributed by atoms with E-state index in [0.717, 1.165) is 0 Å². The molecule has 28 heavy (non-hydrogen) atoms. The average molecular weight is 408 g/mol. The second-order valence-electron chi connectivity index (χ2n) is 7.48. The van der Waals surface area contributed by atoms with Crippen LogP contribution in [0.5, 0.6) is 0 Å². The summed E-state index contributed by atoms with van der Waals surface area (Å²) in [5, 5.41) is 43.3. The van der Waals surface area contributed by atoms with Gasteiger partial charge in [0.1, 0.15) is 5.60 Å². The quantitative estimate of drug-likeness (QED) is 0.547. The van der Waals surface area contributed by atoms with Crippen LogP contribution in [0.15, 0.2) is 54.6 Å². The standard InChI is InChI=1S/C21H26ClNO5/c1-19(15-7-4-3-5-8-15,16-10-12-17(22)13-11-16)28-21(26,27)20(24,25)18-9-6-14-23(18)2/h3-5,7-8,10-13,18,24-27H,6,9,14H2,1-2H3/t18?,19-/m0/s1. The van der Waals surface area contributed by atoms with Crippen molar-refractivity contribution in [2.75, 3.05) is 13.6 Å². The Kier molecular flexibility index (Phi) is 5.85. The highest BCUT2D eigenvalue weighted by Crippen LogP contribution is 2.41. The predicted molar refractivity (Wildman–Crippen MR) is 105 cm³/mol. The molecule has 2 atom stereocenters. The fraction of sp³-hybridized carbons (Fsp3) is 0.429. The lowest BCUT2D eigenvalue weighted by Crippen LogP contribution is -2.66. The molecule has 0 saturated carbocycles. The van der Waals surface area contributed by atoms with Gasteiger partial charge in [-0.05, 0) is 56.6 Å². The summed E-state index contributed by atoms with van der Waals surface area (Å²) in [7, 11) is 1.70. The molecule has 2 aromatic rings. The van der Waals surface area contributed by atoms with Crippen LogP contribution in [-0.2, 0) is 10.3 Å². The lowest BCUT2D eigenvalue weighted by atomic mass is 9.87. The van der Waals surface area contributed by atoms with Crippen molar-refractivity contribution in [1.82, 2.24) is 4.90 Å². The summed E-state index contributed by atoms with van der Waals surface area (Å²) in [6.07, 6.45) is 1.12. The summed E-state index contributed by atoms with van der Waals surface area (Å²) in [6.45, 7) is 2.26. The number of likely N-dealkylation sites (N-methyl/N-ethyl adjacent to an activating group) is 1. The maximum Gasteiger partial charge on any atom is 0.338 e. The van der Waals surface area contributed by atoms with Crippen LogP contribution in [0.25, 0.3) is 0 Å². The van der Waals surface area contributed by atoms with Gasteiger partial charge >= 0.3 is 5.97 Å². The summed E-state index contributed by atoms with van der Waals surface area (Å²) in [5.41, 5.74) is -0.199. The molecule has 4 N–H and O–H groups in total. The molecular weight excluding hydrogens is 382 g/mol. The predicted octanol–water partition coefficient (Wildman–Crippen LogP) is 2.03. The molecule has 1 aliphatic rings. The molecule has 0 aliphatic carbocycles. The first-order chi connectivity index (χ1) is 13.1. The summed E-state index contributed by atoms with van der Waals surface area (Å²) in [6, 6.07) is 14.8. The Morgan fingerprint density at radius 1 is 0.964 bits per heavy atom. The van der Waals surface area contributed by atoms with E-state index in [-0.39, 0.29) is 0 Å². The first kappa shape index (κ1) is 21.2. The molecule has 0 aromatic heterocycles. The van der Waals surface area contributed by atoms with Crippen molar-refractivity contribution in [3.63, 3.8) is 0 Å². The number of hydrogen-bond donors (Lipinski definition) is 4. The number of nitrogens with zero attached hydrogens (tertiary/aromatic N) is 1. The molecule has 1 fully saturated rings. The van der Waals surface area contributed by atoms with Gasteiger partial charge in [-0.3, -0.25) is 4.90 Å². The van der Waals surface area contributed by atoms with Crippen LogP contribution in [-0.4, -0.2) is 56.7 Å². The molecule has 7 heteroatoms. The molecule has 0 bridgehead atoms. The largest absolute Gasteiger partial charge is 0.358 e. The van der Waals surface area contributed by atoms with Crippen LogP contribution < -0.4 is 0 Å². The number of rotatable bonds is 6. The van der Waals surface area contributed by atoms with Gasteiger partial charge in [0.05, 0.1) is 6.04 Å². The van der Waals surface area contributed by atoms with Gasteiger partial charge in [-0.2, -0.15) is 0 Å². The molecule has 0 spiro atoms. The number of hydrogen-bond acceptors (Lipinski definition) is 6. The number of likely N-dealkylation sites (tertiary alicyclic amines) is 1. The third kappa shape index (κ3) is 3.82. The van der Waals surface area contributed by atoms with Crippen molar-refractivity contribution in [3.8, 4) is 0 Å². The van der Waals surface area contributed by atoms with Gasteiger partial charge in [0.15, 0.2) is 0 Å². The molecule has 152 valence electrons. The van der Waals surface area contributed by atoms with E-state index in [0.29, 0.717) is 35.5 Å². The van der Waals surface area contributed by atoms with Crippen molar-refractivity contribution < 1.29 is 25.2 Å². The highest BCUT2D eigenvalue weighted by molar-refractivity contribution is 6.30. The third-order valence-electron chi connectivity index (χ3n) is 5.53. The molecule has 1 saturated heterocycles. The van der Waals surface area contributed by atoms with E-state index in [1.807, 2.05) is 6.07 Å². The Bertz CT molecular complexity index is 796. The van der Waals surface area contributed by atoms with E-state index >= 15 is 0 Å². The van der Waals surface area contributed by atoms with Gasteiger partial charge in [-0.25, -0.2) is 0 Å².